The van der Waals surface area contributed by atoms with Crippen LogP contribution in [0.2, 0.25) is 0 Å². The average Bonchev–Trinajstić information content (AvgIpc) is 2.19. The van der Waals surface area contributed by atoms with Gasteiger partial charge in [0.15, 0.2) is 0 Å². The van der Waals surface area contributed by atoms with Crippen LogP contribution in [0.25, 0.3) is 0 Å². The Morgan fingerprint density at radius 3 is 3.00 bits per heavy atom. The molecule has 1 heterocycles. The summed E-state index contributed by atoms with van der Waals surface area (Å²) in [6, 6.07) is 0. The molecule has 3 nitrogen and oxygen atoms in total. The van der Waals surface area contributed by atoms with E-state index in [0.29, 0.717) is 5.92 Å². The van der Waals surface area contributed by atoms with Crippen molar-refractivity contribution in [1.29, 1.82) is 0 Å². The maximum Gasteiger partial charge on any atom is 0.141 e. The summed E-state index contributed by atoms with van der Waals surface area (Å²) in [5, 5.41) is 8.73. The van der Waals surface area contributed by atoms with Gasteiger partial charge in [0.25, 0.3) is 0 Å². The minimum Gasteiger partial charge on any atom is -0.236 e. The van der Waals surface area contributed by atoms with Crippen LogP contribution in [0.15, 0.2) is 11.4 Å². The van der Waals surface area contributed by atoms with E-state index in [4.69, 9.17) is 6.42 Å². The number of rotatable bonds is 4. The molecule has 0 aliphatic heterocycles. The third-order valence-electron chi connectivity index (χ3n) is 1.65. The van der Waals surface area contributed by atoms with Crippen LogP contribution >= 0.6 is 11.8 Å². The first-order chi connectivity index (χ1) is 6.75. The summed E-state index contributed by atoms with van der Waals surface area (Å²) in [6.45, 7) is 4.19. The summed E-state index contributed by atoms with van der Waals surface area (Å²) in [7, 11) is 0. The Labute approximate surface area is 88.7 Å². The van der Waals surface area contributed by atoms with Gasteiger partial charge in [-0.15, -0.1) is 34.3 Å². The average molecular weight is 207 g/mol. The molecule has 0 saturated heterocycles. The minimum atomic E-state index is 0.374. The summed E-state index contributed by atoms with van der Waals surface area (Å²) in [5.74, 6) is 3.84. The molecule has 0 atom stereocenters. The van der Waals surface area contributed by atoms with Gasteiger partial charge in [-0.1, -0.05) is 13.8 Å². The maximum atomic E-state index is 5.18. The zero-order chi connectivity index (χ0) is 10.4. The van der Waals surface area contributed by atoms with E-state index in [2.05, 4.69) is 34.9 Å². The van der Waals surface area contributed by atoms with Crippen LogP contribution in [-0.4, -0.2) is 20.9 Å². The first kappa shape index (κ1) is 11.0. The third-order valence-corrected chi connectivity index (χ3v) is 2.62. The minimum absolute atomic E-state index is 0.374. The van der Waals surface area contributed by atoms with Crippen molar-refractivity contribution in [3.8, 4) is 12.3 Å². The van der Waals surface area contributed by atoms with Crippen molar-refractivity contribution in [3.05, 3.63) is 12.0 Å². The molecule has 74 valence electrons. The van der Waals surface area contributed by atoms with Crippen LogP contribution in [-0.2, 0) is 0 Å². The highest BCUT2D eigenvalue weighted by Gasteiger charge is 2.09. The van der Waals surface area contributed by atoms with Crippen LogP contribution in [0, 0.1) is 12.3 Å². The van der Waals surface area contributed by atoms with Gasteiger partial charge in [-0.2, -0.15) is 0 Å². The van der Waals surface area contributed by atoms with Crippen molar-refractivity contribution < 1.29 is 0 Å². The zero-order valence-corrected chi connectivity index (χ0v) is 9.21. The largest absolute Gasteiger partial charge is 0.236 e. The lowest BCUT2D eigenvalue weighted by molar-refractivity contribution is 0.729. The van der Waals surface area contributed by atoms with Crippen molar-refractivity contribution in [1.82, 2.24) is 15.2 Å². The van der Waals surface area contributed by atoms with Gasteiger partial charge >= 0.3 is 0 Å². The molecule has 0 aromatic carbocycles. The van der Waals surface area contributed by atoms with Crippen molar-refractivity contribution in [2.45, 2.75) is 31.2 Å². The molecule has 0 fully saturated rings. The Hall–Kier alpha value is -1.08. The quantitative estimate of drug-likeness (QED) is 0.430. The maximum absolute atomic E-state index is 5.18. The fraction of sp³-hybridized carbons (Fsp3) is 0.500. The molecule has 1 rings (SSSR count). The molecular weight excluding hydrogens is 194 g/mol. The van der Waals surface area contributed by atoms with E-state index >= 15 is 0 Å². The topological polar surface area (TPSA) is 38.7 Å². The van der Waals surface area contributed by atoms with Gasteiger partial charge < -0.3 is 0 Å². The summed E-state index contributed by atoms with van der Waals surface area (Å²) in [5.41, 5.74) is 1.00. The number of hydrogen-bond acceptors (Lipinski definition) is 4. The van der Waals surface area contributed by atoms with Gasteiger partial charge in [0.2, 0.25) is 0 Å². The Balaban J connectivity index is 2.70. The molecule has 0 aliphatic carbocycles. The predicted octanol–water partition coefficient (Wildman–Crippen LogP) is 2.11. The SMILES string of the molecule is C#CCCSc1nncnc1C(C)C. The van der Waals surface area contributed by atoms with Crippen molar-refractivity contribution in [3.63, 3.8) is 0 Å². The third kappa shape index (κ3) is 3.00. The van der Waals surface area contributed by atoms with Crippen LogP contribution in [0.1, 0.15) is 31.9 Å². The molecule has 0 radical (unpaired) electrons. The smallest absolute Gasteiger partial charge is 0.141 e. The lowest BCUT2D eigenvalue weighted by Crippen LogP contribution is -2.00. The predicted molar refractivity (Wildman–Crippen MR) is 58.1 cm³/mol. The van der Waals surface area contributed by atoms with E-state index in [1.54, 1.807) is 11.8 Å². The monoisotopic (exact) mass is 207 g/mol. The van der Waals surface area contributed by atoms with Crippen molar-refractivity contribution in [2.75, 3.05) is 5.75 Å². The van der Waals surface area contributed by atoms with Crippen molar-refractivity contribution in [2.24, 2.45) is 0 Å². The number of nitrogens with zero attached hydrogens (tertiary/aromatic N) is 3. The van der Waals surface area contributed by atoms with Gasteiger partial charge in [0.1, 0.15) is 11.4 Å². The molecule has 0 amide bonds. The fourth-order valence-corrected chi connectivity index (χ4v) is 1.93. The molecule has 1 aromatic heterocycles. The molecule has 0 bridgehead atoms. The number of hydrogen-bond donors (Lipinski definition) is 0. The van der Waals surface area contributed by atoms with Crippen LogP contribution < -0.4 is 0 Å². The Morgan fingerprint density at radius 1 is 1.57 bits per heavy atom. The summed E-state index contributed by atoms with van der Waals surface area (Å²) in [6.07, 6.45) is 7.41. The van der Waals surface area contributed by atoms with Gasteiger partial charge in [-0.3, -0.25) is 0 Å². The van der Waals surface area contributed by atoms with Crippen LogP contribution in [0.5, 0.6) is 0 Å². The van der Waals surface area contributed by atoms with E-state index < -0.39 is 0 Å². The van der Waals surface area contributed by atoms with Gasteiger partial charge in [-0.25, -0.2) is 4.98 Å². The lowest BCUT2D eigenvalue weighted by Gasteiger charge is -2.07. The first-order valence-electron chi connectivity index (χ1n) is 4.49. The van der Waals surface area contributed by atoms with E-state index in [0.717, 1.165) is 22.9 Å². The van der Waals surface area contributed by atoms with Gasteiger partial charge in [0, 0.05) is 12.2 Å². The first-order valence-corrected chi connectivity index (χ1v) is 5.48. The number of thioether (sulfide) groups is 1. The molecule has 0 aliphatic rings. The van der Waals surface area contributed by atoms with E-state index in [1.807, 2.05) is 0 Å². The lowest BCUT2D eigenvalue weighted by atomic mass is 10.1. The summed E-state index contributed by atoms with van der Waals surface area (Å²) >= 11 is 1.62. The Bertz CT molecular complexity index is 330. The molecule has 1 aromatic rings. The van der Waals surface area contributed by atoms with Gasteiger partial charge in [0.05, 0.1) is 5.69 Å². The summed E-state index contributed by atoms with van der Waals surface area (Å²) < 4.78 is 0. The highest BCUT2D eigenvalue weighted by molar-refractivity contribution is 7.99. The van der Waals surface area contributed by atoms with E-state index in [1.165, 1.54) is 6.33 Å². The highest BCUT2D eigenvalue weighted by atomic mass is 32.2. The second kappa shape index (κ2) is 5.61. The molecule has 0 unspecified atom stereocenters. The Kier molecular flexibility index (Phi) is 4.41. The standard InChI is InChI=1S/C10H13N3S/c1-4-5-6-14-10-9(8(2)3)11-7-12-13-10/h1,7-8H,5-6H2,2-3H3. The second-order valence-electron chi connectivity index (χ2n) is 3.11. The molecule has 0 N–H and O–H groups in total. The Morgan fingerprint density at radius 2 is 2.36 bits per heavy atom. The van der Waals surface area contributed by atoms with Gasteiger partial charge in [-0.05, 0) is 5.92 Å². The molecule has 14 heavy (non-hydrogen) atoms. The number of aromatic nitrogens is 3. The van der Waals surface area contributed by atoms with Crippen LogP contribution in [0.3, 0.4) is 0 Å². The second-order valence-corrected chi connectivity index (χ2v) is 4.19. The fourth-order valence-electron chi connectivity index (χ4n) is 0.978. The highest BCUT2D eigenvalue weighted by Crippen LogP contribution is 2.23. The van der Waals surface area contributed by atoms with Crippen LogP contribution in [0.4, 0.5) is 0 Å². The summed E-state index contributed by atoms with van der Waals surface area (Å²) in [4.78, 5) is 4.21. The van der Waals surface area contributed by atoms with E-state index in [-0.39, 0.29) is 0 Å². The molecular formula is C10H13N3S. The normalized spacial score (nSPS) is 10.1. The molecule has 4 heteroatoms. The number of terminal acetylenes is 1. The molecule has 0 saturated carbocycles. The molecule has 0 spiro atoms. The van der Waals surface area contributed by atoms with Crippen molar-refractivity contribution >= 4 is 11.8 Å². The zero-order valence-electron chi connectivity index (χ0n) is 8.40. The van der Waals surface area contributed by atoms with E-state index in [9.17, 15) is 0 Å².